The molecule has 0 heterocycles. The van der Waals surface area contributed by atoms with Crippen LogP contribution in [-0.2, 0) is 4.79 Å². The summed E-state index contributed by atoms with van der Waals surface area (Å²) in [5, 5.41) is 9.50. The lowest BCUT2D eigenvalue weighted by Gasteiger charge is -2.16. The monoisotopic (exact) mass is 174 g/mol. The summed E-state index contributed by atoms with van der Waals surface area (Å²) in [6.45, 7) is 0. The Morgan fingerprint density at radius 2 is 2.31 bits per heavy atom. The highest BCUT2D eigenvalue weighted by atomic mass is 16.3. The van der Waals surface area contributed by atoms with Gasteiger partial charge in [-0.2, -0.15) is 0 Å². The Labute approximate surface area is 76.5 Å². The van der Waals surface area contributed by atoms with Crippen LogP contribution < -0.4 is 0 Å². The first-order valence-corrected chi connectivity index (χ1v) is 4.26. The first-order chi connectivity index (χ1) is 6.33. The van der Waals surface area contributed by atoms with Gasteiger partial charge in [0.25, 0.3) is 0 Å². The van der Waals surface area contributed by atoms with Crippen LogP contribution in [0, 0.1) is 0 Å². The van der Waals surface area contributed by atoms with Gasteiger partial charge in [-0.05, 0) is 18.1 Å². The Balaban J connectivity index is 2.59. The fourth-order valence-electron chi connectivity index (χ4n) is 1.66. The van der Waals surface area contributed by atoms with Crippen LogP contribution in [0.3, 0.4) is 0 Å². The summed E-state index contributed by atoms with van der Waals surface area (Å²) < 4.78 is 0. The Kier molecular flexibility index (Phi) is 1.89. The number of phenols is 1. The molecule has 0 fully saturated rings. The van der Waals surface area contributed by atoms with Crippen molar-refractivity contribution in [2.24, 2.45) is 0 Å². The summed E-state index contributed by atoms with van der Waals surface area (Å²) in [5.41, 5.74) is 1.71. The molecule has 0 saturated heterocycles. The molecule has 2 rings (SSSR count). The molecule has 1 aliphatic carbocycles. The Bertz CT molecular complexity index is 366. The van der Waals surface area contributed by atoms with Gasteiger partial charge in [0.1, 0.15) is 12.0 Å². The third-order valence-corrected chi connectivity index (χ3v) is 2.36. The molecule has 0 amide bonds. The predicted molar refractivity (Wildman–Crippen MR) is 50.6 cm³/mol. The second-order valence-corrected chi connectivity index (χ2v) is 3.16. The number of aldehydes is 1. The van der Waals surface area contributed by atoms with Crippen molar-refractivity contribution < 1.29 is 9.90 Å². The molecule has 1 N–H and O–H groups in total. The van der Waals surface area contributed by atoms with E-state index in [1.54, 1.807) is 12.1 Å². The van der Waals surface area contributed by atoms with E-state index in [2.05, 4.69) is 0 Å². The van der Waals surface area contributed by atoms with Crippen molar-refractivity contribution >= 4 is 12.4 Å². The molecule has 0 aromatic heterocycles. The fraction of sp³-hybridized carbons (Fsp3) is 0.182. The molecule has 0 spiro atoms. The standard InChI is InChI=1S/C11H10O2/c12-7-8-3-1-5-10-9(8)4-2-6-11(10)13/h1-2,4-8,13H,3H2. The maximum Gasteiger partial charge on any atom is 0.127 e. The number of carbonyl (C=O) groups excluding carboxylic acids is 1. The lowest BCUT2D eigenvalue weighted by Crippen LogP contribution is -2.04. The van der Waals surface area contributed by atoms with Gasteiger partial charge in [-0.1, -0.05) is 24.3 Å². The number of allylic oxidation sites excluding steroid dienone is 1. The van der Waals surface area contributed by atoms with E-state index >= 15 is 0 Å². The number of rotatable bonds is 1. The maximum absolute atomic E-state index is 10.7. The lowest BCUT2D eigenvalue weighted by molar-refractivity contribution is -0.109. The molecule has 66 valence electrons. The van der Waals surface area contributed by atoms with E-state index in [9.17, 15) is 9.90 Å². The van der Waals surface area contributed by atoms with Crippen LogP contribution in [-0.4, -0.2) is 11.4 Å². The Hall–Kier alpha value is -1.57. The molecule has 0 saturated carbocycles. The van der Waals surface area contributed by atoms with Gasteiger partial charge < -0.3 is 9.90 Å². The van der Waals surface area contributed by atoms with E-state index in [0.29, 0.717) is 0 Å². The molecule has 2 nitrogen and oxygen atoms in total. The summed E-state index contributed by atoms with van der Waals surface area (Å²) >= 11 is 0. The Morgan fingerprint density at radius 1 is 1.46 bits per heavy atom. The average molecular weight is 174 g/mol. The molecule has 1 aliphatic rings. The van der Waals surface area contributed by atoms with E-state index in [4.69, 9.17) is 0 Å². The van der Waals surface area contributed by atoms with E-state index in [0.717, 1.165) is 23.8 Å². The molecule has 13 heavy (non-hydrogen) atoms. The molecule has 0 radical (unpaired) electrons. The average Bonchev–Trinajstić information content (AvgIpc) is 2.18. The number of phenolic OH excluding ortho intramolecular Hbond substituents is 1. The zero-order valence-electron chi connectivity index (χ0n) is 7.10. The first-order valence-electron chi connectivity index (χ1n) is 4.26. The zero-order chi connectivity index (χ0) is 9.26. The van der Waals surface area contributed by atoms with Crippen molar-refractivity contribution in [1.82, 2.24) is 0 Å². The van der Waals surface area contributed by atoms with Crippen molar-refractivity contribution in [3.05, 3.63) is 35.4 Å². The van der Waals surface area contributed by atoms with Crippen LogP contribution >= 0.6 is 0 Å². The molecular formula is C11H10O2. The maximum atomic E-state index is 10.7. The predicted octanol–water partition coefficient (Wildman–Crippen LogP) is 2.09. The van der Waals surface area contributed by atoms with E-state index in [1.165, 1.54) is 0 Å². The third kappa shape index (κ3) is 1.24. The van der Waals surface area contributed by atoms with Gasteiger partial charge in [0.2, 0.25) is 0 Å². The molecule has 0 bridgehead atoms. The number of fused-ring (bicyclic) bond motifs is 1. The van der Waals surface area contributed by atoms with E-state index < -0.39 is 0 Å². The summed E-state index contributed by atoms with van der Waals surface area (Å²) in [6.07, 6.45) is 5.45. The highest BCUT2D eigenvalue weighted by Crippen LogP contribution is 2.33. The zero-order valence-corrected chi connectivity index (χ0v) is 7.10. The number of benzene rings is 1. The Morgan fingerprint density at radius 3 is 3.08 bits per heavy atom. The van der Waals surface area contributed by atoms with Gasteiger partial charge in [0.15, 0.2) is 0 Å². The summed E-state index contributed by atoms with van der Waals surface area (Å²) in [7, 11) is 0. The smallest absolute Gasteiger partial charge is 0.127 e. The van der Waals surface area contributed by atoms with E-state index in [1.807, 2.05) is 18.2 Å². The fourth-order valence-corrected chi connectivity index (χ4v) is 1.66. The van der Waals surface area contributed by atoms with Crippen LogP contribution in [0.15, 0.2) is 24.3 Å². The normalized spacial score (nSPS) is 19.5. The van der Waals surface area contributed by atoms with Crippen LogP contribution in [0.2, 0.25) is 0 Å². The topological polar surface area (TPSA) is 37.3 Å². The summed E-state index contributed by atoms with van der Waals surface area (Å²) in [5.74, 6) is 0.160. The lowest BCUT2D eigenvalue weighted by atomic mass is 9.88. The third-order valence-electron chi connectivity index (χ3n) is 2.36. The van der Waals surface area contributed by atoms with Crippen molar-refractivity contribution in [3.8, 4) is 5.75 Å². The molecule has 0 aliphatic heterocycles. The number of hydrogen-bond acceptors (Lipinski definition) is 2. The number of carbonyl (C=O) groups is 1. The first kappa shape index (κ1) is 8.05. The molecule has 2 heteroatoms. The van der Waals surface area contributed by atoms with Crippen LogP contribution in [0.1, 0.15) is 23.5 Å². The van der Waals surface area contributed by atoms with Gasteiger partial charge >= 0.3 is 0 Å². The van der Waals surface area contributed by atoms with Crippen LogP contribution in [0.25, 0.3) is 6.08 Å². The van der Waals surface area contributed by atoms with Crippen LogP contribution in [0.4, 0.5) is 0 Å². The highest BCUT2D eigenvalue weighted by Gasteiger charge is 2.17. The van der Waals surface area contributed by atoms with Gasteiger partial charge in [0.05, 0.1) is 0 Å². The largest absolute Gasteiger partial charge is 0.507 e. The van der Waals surface area contributed by atoms with Gasteiger partial charge in [-0.3, -0.25) is 0 Å². The second-order valence-electron chi connectivity index (χ2n) is 3.16. The molecule has 1 unspecified atom stereocenters. The molecule has 1 atom stereocenters. The van der Waals surface area contributed by atoms with Gasteiger partial charge in [0, 0.05) is 11.5 Å². The minimum atomic E-state index is -0.0906. The quantitative estimate of drug-likeness (QED) is 0.662. The second kappa shape index (κ2) is 3.05. The van der Waals surface area contributed by atoms with Crippen molar-refractivity contribution in [1.29, 1.82) is 0 Å². The van der Waals surface area contributed by atoms with Gasteiger partial charge in [-0.15, -0.1) is 0 Å². The summed E-state index contributed by atoms with van der Waals surface area (Å²) in [4.78, 5) is 10.7. The molecule has 1 aromatic carbocycles. The van der Waals surface area contributed by atoms with Crippen molar-refractivity contribution in [2.75, 3.05) is 0 Å². The summed E-state index contributed by atoms with van der Waals surface area (Å²) in [6, 6.07) is 5.29. The van der Waals surface area contributed by atoms with Crippen molar-refractivity contribution in [2.45, 2.75) is 12.3 Å². The molecule has 1 aromatic rings. The van der Waals surface area contributed by atoms with E-state index in [-0.39, 0.29) is 11.7 Å². The van der Waals surface area contributed by atoms with Crippen LogP contribution in [0.5, 0.6) is 5.75 Å². The van der Waals surface area contributed by atoms with Crippen molar-refractivity contribution in [3.63, 3.8) is 0 Å². The minimum absolute atomic E-state index is 0.0906. The molecular weight excluding hydrogens is 164 g/mol. The highest BCUT2D eigenvalue weighted by molar-refractivity contribution is 5.73. The SMILES string of the molecule is O=CC1CC=Cc2c(O)cccc21. The number of hydrogen-bond donors (Lipinski definition) is 1. The number of aromatic hydroxyl groups is 1. The van der Waals surface area contributed by atoms with Gasteiger partial charge in [-0.25, -0.2) is 0 Å². The minimum Gasteiger partial charge on any atom is -0.507 e.